The Morgan fingerprint density at radius 1 is 1.09 bits per heavy atom. The zero-order valence-electron chi connectivity index (χ0n) is 12.2. The molecule has 0 spiro atoms. The molecule has 0 bridgehead atoms. The van der Waals surface area contributed by atoms with Crippen LogP contribution in [0, 0.1) is 0 Å². The third kappa shape index (κ3) is 3.22. The number of hydrogen-bond donors (Lipinski definition) is 0. The van der Waals surface area contributed by atoms with Crippen LogP contribution in [-0.4, -0.2) is 69.8 Å². The molecule has 7 nitrogen and oxygen atoms in total. The van der Waals surface area contributed by atoms with Crippen molar-refractivity contribution in [2.75, 3.05) is 37.7 Å². The Morgan fingerprint density at radius 2 is 1.73 bits per heavy atom. The first-order chi connectivity index (χ1) is 10.4. The third-order valence-corrected chi connectivity index (χ3v) is 7.93. The van der Waals surface area contributed by atoms with Gasteiger partial charge in [0.25, 0.3) is 0 Å². The quantitative estimate of drug-likeness (QED) is 0.773. The summed E-state index contributed by atoms with van der Waals surface area (Å²) in [6.45, 7) is 2.03. The second kappa shape index (κ2) is 5.95. The van der Waals surface area contributed by atoms with E-state index in [1.807, 2.05) is 0 Å². The lowest BCUT2D eigenvalue weighted by Gasteiger charge is -2.39. The van der Waals surface area contributed by atoms with Crippen molar-refractivity contribution in [3.63, 3.8) is 0 Å². The van der Waals surface area contributed by atoms with Gasteiger partial charge in [-0.05, 0) is 18.9 Å². The van der Waals surface area contributed by atoms with Gasteiger partial charge in [0.1, 0.15) is 11.2 Å². The van der Waals surface area contributed by atoms with Crippen molar-refractivity contribution >= 4 is 19.9 Å². The number of rotatable bonds is 3. The molecule has 2 fully saturated rings. The van der Waals surface area contributed by atoms with Crippen LogP contribution in [0.3, 0.4) is 0 Å². The van der Waals surface area contributed by atoms with Gasteiger partial charge in [-0.25, -0.2) is 16.8 Å². The molecule has 2 aliphatic rings. The monoisotopic (exact) mass is 348 g/mol. The Bertz CT molecular complexity index is 690. The van der Waals surface area contributed by atoms with Crippen LogP contribution in [0.4, 0.5) is 0 Å². The van der Waals surface area contributed by atoms with Crippen molar-refractivity contribution in [3.05, 3.63) is 18.6 Å². The summed E-state index contributed by atoms with van der Waals surface area (Å²) in [5, 5.41) is 0. The Morgan fingerprint density at radius 3 is 2.27 bits per heavy atom. The summed E-state index contributed by atoms with van der Waals surface area (Å²) in [4.78, 5) is 2.37. The van der Waals surface area contributed by atoms with E-state index >= 15 is 0 Å². The molecule has 1 aromatic rings. The predicted molar refractivity (Wildman–Crippen MR) is 80.7 cm³/mol. The highest BCUT2D eigenvalue weighted by molar-refractivity contribution is 7.91. The smallest absolute Gasteiger partial charge is 0.246 e. The second-order valence-corrected chi connectivity index (χ2v) is 10.0. The standard InChI is InChI=1S/C13H20N2O5S2/c16-21(17)9-6-14(7-10-21)12-1-4-15(5-2-12)22(18,19)13-3-8-20-11-13/h3,8,11-12H,1-2,4-7,9-10H2. The van der Waals surface area contributed by atoms with Crippen LogP contribution in [0.15, 0.2) is 27.9 Å². The van der Waals surface area contributed by atoms with Gasteiger partial charge >= 0.3 is 0 Å². The first kappa shape index (κ1) is 16.0. The van der Waals surface area contributed by atoms with Crippen LogP contribution in [0.25, 0.3) is 0 Å². The molecular weight excluding hydrogens is 328 g/mol. The van der Waals surface area contributed by atoms with E-state index < -0.39 is 19.9 Å². The van der Waals surface area contributed by atoms with Crippen molar-refractivity contribution < 1.29 is 21.3 Å². The van der Waals surface area contributed by atoms with Gasteiger partial charge in [-0.3, -0.25) is 4.90 Å². The maximum atomic E-state index is 12.4. The maximum Gasteiger partial charge on any atom is 0.246 e. The van der Waals surface area contributed by atoms with Gasteiger partial charge in [-0.1, -0.05) is 0 Å². The Balaban J connectivity index is 1.59. The fourth-order valence-electron chi connectivity index (χ4n) is 3.09. The summed E-state index contributed by atoms with van der Waals surface area (Å²) in [5.41, 5.74) is 0. The number of furan rings is 1. The van der Waals surface area contributed by atoms with E-state index in [0.29, 0.717) is 26.2 Å². The van der Waals surface area contributed by atoms with Gasteiger partial charge in [-0.2, -0.15) is 4.31 Å². The third-order valence-electron chi connectivity index (χ3n) is 4.45. The Hall–Kier alpha value is -0.900. The summed E-state index contributed by atoms with van der Waals surface area (Å²) in [5.74, 6) is 0.418. The molecule has 0 aliphatic carbocycles. The predicted octanol–water partition coefficient (Wildman–Crippen LogP) is 0.163. The minimum Gasteiger partial charge on any atom is -0.471 e. The molecule has 0 atom stereocenters. The minimum absolute atomic E-state index is 0.190. The minimum atomic E-state index is -3.47. The molecule has 0 saturated carbocycles. The summed E-state index contributed by atoms with van der Waals surface area (Å²) in [7, 11) is -6.34. The van der Waals surface area contributed by atoms with Crippen LogP contribution < -0.4 is 0 Å². The van der Waals surface area contributed by atoms with E-state index in [9.17, 15) is 16.8 Å². The van der Waals surface area contributed by atoms with E-state index in [4.69, 9.17) is 4.42 Å². The molecular formula is C13H20N2O5S2. The molecule has 0 amide bonds. The van der Waals surface area contributed by atoms with E-state index in [0.717, 1.165) is 12.8 Å². The molecule has 22 heavy (non-hydrogen) atoms. The van der Waals surface area contributed by atoms with Crippen molar-refractivity contribution in [1.29, 1.82) is 0 Å². The second-order valence-electron chi connectivity index (χ2n) is 5.78. The van der Waals surface area contributed by atoms with Crippen LogP contribution in [0.2, 0.25) is 0 Å². The Labute approximate surface area is 130 Å². The number of piperidine rings is 1. The lowest BCUT2D eigenvalue weighted by molar-refractivity contribution is 0.149. The average molecular weight is 348 g/mol. The lowest BCUT2D eigenvalue weighted by atomic mass is 10.0. The lowest BCUT2D eigenvalue weighted by Crippen LogP contribution is -2.51. The summed E-state index contributed by atoms with van der Waals surface area (Å²) in [6.07, 6.45) is 4.07. The zero-order chi connectivity index (χ0) is 15.8. The molecule has 124 valence electrons. The van der Waals surface area contributed by atoms with Crippen molar-refractivity contribution in [2.45, 2.75) is 23.8 Å². The molecule has 2 aliphatic heterocycles. The van der Waals surface area contributed by atoms with Gasteiger partial charge in [0, 0.05) is 32.2 Å². The molecule has 1 aromatic heterocycles. The molecule has 2 saturated heterocycles. The van der Waals surface area contributed by atoms with Crippen molar-refractivity contribution in [2.24, 2.45) is 0 Å². The SMILES string of the molecule is O=S1(=O)CCN(C2CCN(S(=O)(=O)c3ccoc3)CC2)CC1. The topological polar surface area (TPSA) is 87.9 Å². The fourth-order valence-corrected chi connectivity index (χ4v) is 5.71. The van der Waals surface area contributed by atoms with Gasteiger partial charge < -0.3 is 4.42 Å². The molecule has 0 unspecified atom stereocenters. The summed E-state index contributed by atoms with van der Waals surface area (Å²) >= 11 is 0. The maximum absolute atomic E-state index is 12.4. The van der Waals surface area contributed by atoms with Gasteiger partial charge in [0.15, 0.2) is 9.84 Å². The average Bonchev–Trinajstić information content (AvgIpc) is 3.02. The first-order valence-corrected chi connectivity index (χ1v) is 10.6. The highest BCUT2D eigenvalue weighted by Crippen LogP contribution is 2.24. The van der Waals surface area contributed by atoms with Crippen LogP contribution in [-0.2, 0) is 19.9 Å². The number of sulfonamides is 1. The van der Waals surface area contributed by atoms with E-state index in [2.05, 4.69) is 4.90 Å². The highest BCUT2D eigenvalue weighted by atomic mass is 32.2. The van der Waals surface area contributed by atoms with E-state index in [1.54, 1.807) is 0 Å². The normalized spacial score (nSPS) is 25.3. The van der Waals surface area contributed by atoms with Crippen molar-refractivity contribution in [1.82, 2.24) is 9.21 Å². The van der Waals surface area contributed by atoms with Gasteiger partial charge in [-0.15, -0.1) is 0 Å². The summed E-state index contributed by atoms with van der Waals surface area (Å²) in [6, 6.07) is 1.72. The fraction of sp³-hybridized carbons (Fsp3) is 0.692. The number of hydrogen-bond acceptors (Lipinski definition) is 6. The molecule has 0 aromatic carbocycles. The van der Waals surface area contributed by atoms with Crippen LogP contribution in [0.1, 0.15) is 12.8 Å². The largest absolute Gasteiger partial charge is 0.471 e. The number of nitrogens with zero attached hydrogens (tertiary/aromatic N) is 2. The molecule has 3 rings (SSSR count). The molecule has 0 radical (unpaired) electrons. The van der Waals surface area contributed by atoms with E-state index in [1.165, 1.54) is 22.9 Å². The zero-order valence-corrected chi connectivity index (χ0v) is 13.9. The first-order valence-electron chi connectivity index (χ1n) is 7.35. The molecule has 9 heteroatoms. The van der Waals surface area contributed by atoms with Gasteiger partial charge in [0.05, 0.1) is 17.8 Å². The van der Waals surface area contributed by atoms with Crippen LogP contribution >= 0.6 is 0 Å². The van der Waals surface area contributed by atoms with Gasteiger partial charge in [0.2, 0.25) is 10.0 Å². The highest BCUT2D eigenvalue weighted by Gasteiger charge is 2.34. The molecule has 3 heterocycles. The van der Waals surface area contributed by atoms with E-state index in [-0.39, 0.29) is 22.4 Å². The number of sulfone groups is 1. The van der Waals surface area contributed by atoms with Crippen molar-refractivity contribution in [3.8, 4) is 0 Å². The van der Waals surface area contributed by atoms with Crippen LogP contribution in [0.5, 0.6) is 0 Å². The Kier molecular flexibility index (Phi) is 4.32. The summed E-state index contributed by atoms with van der Waals surface area (Å²) < 4.78 is 54.1. The molecule has 0 N–H and O–H groups in total.